The highest BCUT2D eigenvalue weighted by atomic mass is 32.2. The maximum absolute atomic E-state index is 12.3. The maximum atomic E-state index is 12.3. The Morgan fingerprint density at radius 2 is 2.08 bits per heavy atom. The average Bonchev–Trinajstić information content (AvgIpc) is 3.26. The van der Waals surface area contributed by atoms with Crippen LogP contribution in [-0.4, -0.2) is 37.9 Å². The Balaban J connectivity index is 1.48. The number of aromatic nitrogens is 4. The smallest absolute Gasteiger partial charge is 0.233 e. The van der Waals surface area contributed by atoms with Crippen molar-refractivity contribution in [2.45, 2.75) is 55.5 Å². The molecule has 6 nitrogen and oxygen atoms in total. The Hall–Kier alpha value is -1.89. The summed E-state index contributed by atoms with van der Waals surface area (Å²) in [7, 11) is 0. The van der Waals surface area contributed by atoms with Crippen LogP contribution in [0.1, 0.15) is 44.2 Å². The van der Waals surface area contributed by atoms with Gasteiger partial charge < -0.3 is 5.32 Å². The minimum Gasteiger partial charge on any atom is -0.355 e. The third-order valence-corrected chi connectivity index (χ3v) is 5.39. The molecule has 0 radical (unpaired) electrons. The molecule has 1 aliphatic carbocycles. The predicted octanol–water partition coefficient (Wildman–Crippen LogP) is 2.63. The van der Waals surface area contributed by atoms with Crippen LogP contribution in [0.4, 0.5) is 0 Å². The molecule has 3 rings (SSSR count). The zero-order valence-electron chi connectivity index (χ0n) is 13.9. The lowest BCUT2D eigenvalue weighted by molar-refractivity contribution is -0.120. The fourth-order valence-corrected chi connectivity index (χ4v) is 3.85. The second kappa shape index (κ2) is 8.28. The fourth-order valence-electron chi connectivity index (χ4n) is 2.97. The Kier molecular flexibility index (Phi) is 5.85. The second-order valence-electron chi connectivity index (χ2n) is 6.13. The van der Waals surface area contributed by atoms with E-state index in [2.05, 4.69) is 33.0 Å². The molecule has 2 aromatic rings. The van der Waals surface area contributed by atoms with Crippen LogP contribution in [-0.2, 0) is 11.2 Å². The highest BCUT2D eigenvalue weighted by molar-refractivity contribution is 8.00. The zero-order chi connectivity index (χ0) is 16.8. The van der Waals surface area contributed by atoms with Crippen LogP contribution >= 0.6 is 11.8 Å². The van der Waals surface area contributed by atoms with Crippen molar-refractivity contribution in [3.8, 4) is 0 Å². The van der Waals surface area contributed by atoms with Crippen LogP contribution in [0, 0.1) is 0 Å². The van der Waals surface area contributed by atoms with Gasteiger partial charge in [0, 0.05) is 6.54 Å². The number of amides is 1. The molecule has 1 atom stereocenters. The van der Waals surface area contributed by atoms with Crippen molar-refractivity contribution in [1.29, 1.82) is 0 Å². The van der Waals surface area contributed by atoms with E-state index >= 15 is 0 Å². The van der Waals surface area contributed by atoms with Gasteiger partial charge in [0.1, 0.15) is 0 Å². The number of tetrazole rings is 1. The van der Waals surface area contributed by atoms with E-state index in [-0.39, 0.29) is 11.2 Å². The summed E-state index contributed by atoms with van der Waals surface area (Å²) >= 11 is 1.43. The monoisotopic (exact) mass is 345 g/mol. The van der Waals surface area contributed by atoms with Crippen LogP contribution < -0.4 is 5.32 Å². The Labute approximate surface area is 146 Å². The van der Waals surface area contributed by atoms with Gasteiger partial charge in [-0.15, -0.1) is 5.10 Å². The molecule has 1 amide bonds. The van der Waals surface area contributed by atoms with E-state index in [9.17, 15) is 4.79 Å². The van der Waals surface area contributed by atoms with Crippen LogP contribution in [0.25, 0.3) is 0 Å². The largest absolute Gasteiger partial charge is 0.355 e. The zero-order valence-corrected chi connectivity index (χ0v) is 14.7. The first-order chi connectivity index (χ1) is 11.7. The van der Waals surface area contributed by atoms with Crippen molar-refractivity contribution < 1.29 is 4.79 Å². The van der Waals surface area contributed by atoms with E-state index in [0.29, 0.717) is 12.6 Å². The molecule has 1 saturated carbocycles. The summed E-state index contributed by atoms with van der Waals surface area (Å²) in [5, 5.41) is 15.5. The lowest BCUT2D eigenvalue weighted by Gasteiger charge is -2.14. The summed E-state index contributed by atoms with van der Waals surface area (Å²) in [6, 6.07) is 10.5. The molecule has 1 aromatic carbocycles. The van der Waals surface area contributed by atoms with Crippen molar-refractivity contribution in [3.05, 3.63) is 35.9 Å². The van der Waals surface area contributed by atoms with Gasteiger partial charge in [-0.25, -0.2) is 4.68 Å². The highest BCUT2D eigenvalue weighted by Gasteiger charge is 2.24. The Morgan fingerprint density at radius 1 is 1.33 bits per heavy atom. The number of hydrogen-bond donors (Lipinski definition) is 1. The third kappa shape index (κ3) is 4.35. The molecule has 0 saturated heterocycles. The standard InChI is InChI=1S/C17H23N5OS/c1-13(16(23)18-12-11-14-7-3-2-4-8-14)24-17-19-20-21-22(17)15-9-5-6-10-15/h2-4,7-8,13,15H,5-6,9-12H2,1H3,(H,18,23)/t13-/m1/s1. The molecule has 128 valence electrons. The van der Waals surface area contributed by atoms with Crippen LogP contribution in [0.3, 0.4) is 0 Å². The molecule has 0 spiro atoms. The van der Waals surface area contributed by atoms with E-state index in [4.69, 9.17) is 0 Å². The number of hydrogen-bond acceptors (Lipinski definition) is 5. The third-order valence-electron chi connectivity index (χ3n) is 4.34. The van der Waals surface area contributed by atoms with Gasteiger partial charge in [-0.05, 0) is 42.2 Å². The van der Waals surface area contributed by atoms with E-state index in [0.717, 1.165) is 24.4 Å². The van der Waals surface area contributed by atoms with Gasteiger partial charge in [0.05, 0.1) is 11.3 Å². The van der Waals surface area contributed by atoms with Crippen LogP contribution in [0.5, 0.6) is 0 Å². The fraction of sp³-hybridized carbons (Fsp3) is 0.529. The van der Waals surface area contributed by atoms with Gasteiger partial charge in [-0.1, -0.05) is 54.9 Å². The van der Waals surface area contributed by atoms with E-state index < -0.39 is 0 Å². The number of benzene rings is 1. The molecule has 1 aromatic heterocycles. The summed E-state index contributed by atoms with van der Waals surface area (Å²) in [5.41, 5.74) is 1.23. The molecule has 24 heavy (non-hydrogen) atoms. The van der Waals surface area contributed by atoms with Gasteiger partial charge in [0.25, 0.3) is 0 Å². The van der Waals surface area contributed by atoms with E-state index in [1.807, 2.05) is 29.8 Å². The van der Waals surface area contributed by atoms with Crippen LogP contribution in [0.15, 0.2) is 35.5 Å². The second-order valence-corrected chi connectivity index (χ2v) is 7.44. The molecule has 1 heterocycles. The van der Waals surface area contributed by atoms with Gasteiger partial charge >= 0.3 is 0 Å². The lowest BCUT2D eigenvalue weighted by atomic mass is 10.1. The SMILES string of the molecule is C[C@@H](Sc1nnnn1C1CCCC1)C(=O)NCCc1ccccc1. The summed E-state index contributed by atoms with van der Waals surface area (Å²) in [5.74, 6) is 0.0249. The summed E-state index contributed by atoms with van der Waals surface area (Å²) in [6.07, 6.45) is 5.53. The van der Waals surface area contributed by atoms with Crippen molar-refractivity contribution in [2.75, 3.05) is 6.54 Å². The number of thioether (sulfide) groups is 1. The molecule has 1 fully saturated rings. The maximum Gasteiger partial charge on any atom is 0.233 e. The van der Waals surface area contributed by atoms with E-state index in [1.165, 1.54) is 30.2 Å². The lowest BCUT2D eigenvalue weighted by Crippen LogP contribution is -2.32. The average molecular weight is 345 g/mol. The number of nitrogens with one attached hydrogen (secondary N) is 1. The molecule has 0 bridgehead atoms. The van der Waals surface area contributed by atoms with Gasteiger partial charge in [-0.3, -0.25) is 4.79 Å². The summed E-state index contributed by atoms with van der Waals surface area (Å²) in [4.78, 5) is 12.3. The number of carbonyl (C=O) groups is 1. The minimum atomic E-state index is -0.216. The summed E-state index contributed by atoms with van der Waals surface area (Å²) in [6.45, 7) is 2.54. The number of rotatable bonds is 7. The molecule has 1 aliphatic rings. The summed E-state index contributed by atoms with van der Waals surface area (Å²) < 4.78 is 1.89. The van der Waals surface area contributed by atoms with Crippen molar-refractivity contribution >= 4 is 17.7 Å². The minimum absolute atomic E-state index is 0.0249. The Morgan fingerprint density at radius 3 is 2.83 bits per heavy atom. The molecule has 0 aliphatic heterocycles. The van der Waals surface area contributed by atoms with Crippen LogP contribution in [0.2, 0.25) is 0 Å². The van der Waals surface area contributed by atoms with Gasteiger partial charge in [0.2, 0.25) is 11.1 Å². The first-order valence-corrected chi connectivity index (χ1v) is 9.38. The van der Waals surface area contributed by atoms with Crippen molar-refractivity contribution in [1.82, 2.24) is 25.5 Å². The number of carbonyl (C=O) groups excluding carboxylic acids is 1. The topological polar surface area (TPSA) is 72.7 Å². The molecular formula is C17H23N5OS. The number of nitrogens with zero attached hydrogens (tertiary/aromatic N) is 4. The van der Waals surface area contributed by atoms with Crippen molar-refractivity contribution in [2.24, 2.45) is 0 Å². The molecule has 1 N–H and O–H groups in total. The molecular weight excluding hydrogens is 322 g/mol. The molecule has 0 unspecified atom stereocenters. The van der Waals surface area contributed by atoms with E-state index in [1.54, 1.807) is 0 Å². The first-order valence-electron chi connectivity index (χ1n) is 8.50. The van der Waals surface area contributed by atoms with Gasteiger partial charge in [0.15, 0.2) is 0 Å². The molecule has 7 heteroatoms. The van der Waals surface area contributed by atoms with Gasteiger partial charge in [-0.2, -0.15) is 0 Å². The van der Waals surface area contributed by atoms with Crippen molar-refractivity contribution in [3.63, 3.8) is 0 Å². The predicted molar refractivity (Wildman–Crippen MR) is 93.8 cm³/mol. The quantitative estimate of drug-likeness (QED) is 0.781. The first kappa shape index (κ1) is 17.0. The highest BCUT2D eigenvalue weighted by Crippen LogP contribution is 2.32. The normalized spacial score (nSPS) is 16.2. The Bertz CT molecular complexity index is 654.